The van der Waals surface area contributed by atoms with Crippen molar-refractivity contribution in [2.45, 2.75) is 19.9 Å². The van der Waals surface area contributed by atoms with E-state index in [0.29, 0.717) is 13.0 Å². The zero-order chi connectivity index (χ0) is 12.5. The van der Waals surface area contributed by atoms with E-state index in [-0.39, 0.29) is 5.97 Å². The standard InChI is InChI=1S/C11H18N4O2/c1-2-15(8-6-11(16)17-14-12)9-10-5-3-4-7-13-10/h3-5,7,14H,2,6,8-9,12H2,1H3. The molecule has 0 spiro atoms. The molecule has 0 amide bonds. The maximum absolute atomic E-state index is 11.1. The van der Waals surface area contributed by atoms with Gasteiger partial charge >= 0.3 is 5.97 Å². The van der Waals surface area contributed by atoms with E-state index in [2.05, 4.69) is 14.7 Å². The first-order chi connectivity index (χ1) is 8.26. The Morgan fingerprint density at radius 3 is 3.00 bits per heavy atom. The zero-order valence-corrected chi connectivity index (χ0v) is 9.93. The van der Waals surface area contributed by atoms with Crippen LogP contribution in [0.1, 0.15) is 19.0 Å². The number of hydrogen-bond acceptors (Lipinski definition) is 6. The fraction of sp³-hybridized carbons (Fsp3) is 0.455. The third-order valence-corrected chi connectivity index (χ3v) is 2.36. The summed E-state index contributed by atoms with van der Waals surface area (Å²) in [5.41, 5.74) is 2.86. The van der Waals surface area contributed by atoms with Gasteiger partial charge in [0.15, 0.2) is 0 Å². The second kappa shape index (κ2) is 7.72. The van der Waals surface area contributed by atoms with E-state index in [1.54, 1.807) is 6.20 Å². The number of nitrogens with zero attached hydrogens (tertiary/aromatic N) is 2. The molecular formula is C11H18N4O2. The van der Waals surface area contributed by atoms with Gasteiger partial charge in [0.25, 0.3) is 0 Å². The summed E-state index contributed by atoms with van der Waals surface area (Å²) in [6.45, 7) is 4.23. The third kappa shape index (κ3) is 5.39. The molecule has 0 aliphatic heterocycles. The average molecular weight is 238 g/mol. The lowest BCUT2D eigenvalue weighted by molar-refractivity contribution is -0.151. The van der Waals surface area contributed by atoms with Gasteiger partial charge in [-0.15, -0.1) is 0 Å². The van der Waals surface area contributed by atoms with E-state index in [0.717, 1.165) is 18.8 Å². The van der Waals surface area contributed by atoms with Crippen LogP contribution in [0.15, 0.2) is 24.4 Å². The molecule has 0 aliphatic rings. The molecule has 6 nitrogen and oxygen atoms in total. The lowest BCUT2D eigenvalue weighted by Crippen LogP contribution is -2.30. The summed E-state index contributed by atoms with van der Waals surface area (Å²) in [5, 5.41) is 0. The van der Waals surface area contributed by atoms with Gasteiger partial charge in [0.2, 0.25) is 0 Å². The topological polar surface area (TPSA) is 80.5 Å². The number of pyridine rings is 1. The van der Waals surface area contributed by atoms with Crippen LogP contribution < -0.4 is 11.4 Å². The van der Waals surface area contributed by atoms with Gasteiger partial charge in [0.1, 0.15) is 0 Å². The van der Waals surface area contributed by atoms with E-state index >= 15 is 0 Å². The highest BCUT2D eigenvalue weighted by molar-refractivity contribution is 5.69. The number of carbonyl (C=O) groups is 1. The minimum Gasteiger partial charge on any atom is -0.356 e. The monoisotopic (exact) mass is 238 g/mol. The van der Waals surface area contributed by atoms with Crippen LogP contribution in [0.5, 0.6) is 0 Å². The van der Waals surface area contributed by atoms with Crippen molar-refractivity contribution in [1.82, 2.24) is 15.5 Å². The number of hydrogen-bond donors (Lipinski definition) is 2. The van der Waals surface area contributed by atoms with E-state index < -0.39 is 0 Å². The van der Waals surface area contributed by atoms with Gasteiger partial charge in [-0.05, 0) is 18.7 Å². The normalized spacial score (nSPS) is 10.5. The predicted molar refractivity (Wildman–Crippen MR) is 63.2 cm³/mol. The highest BCUT2D eigenvalue weighted by Gasteiger charge is 2.08. The van der Waals surface area contributed by atoms with Crippen molar-refractivity contribution in [1.29, 1.82) is 0 Å². The van der Waals surface area contributed by atoms with E-state index in [9.17, 15) is 4.79 Å². The van der Waals surface area contributed by atoms with Gasteiger partial charge in [-0.1, -0.05) is 18.6 Å². The Morgan fingerprint density at radius 1 is 1.59 bits per heavy atom. The van der Waals surface area contributed by atoms with Gasteiger partial charge in [-0.2, -0.15) is 0 Å². The van der Waals surface area contributed by atoms with Crippen molar-refractivity contribution >= 4 is 5.97 Å². The van der Waals surface area contributed by atoms with Crippen molar-refractivity contribution in [3.63, 3.8) is 0 Å². The minimum atomic E-state index is -0.369. The molecule has 1 heterocycles. The number of hydrazine groups is 1. The third-order valence-electron chi connectivity index (χ3n) is 2.36. The Labute approximate surface area is 101 Å². The van der Waals surface area contributed by atoms with Crippen molar-refractivity contribution in [3.05, 3.63) is 30.1 Å². The SMILES string of the molecule is CCN(CCC(=O)ONN)Cc1ccccn1. The quantitative estimate of drug-likeness (QED) is 0.522. The van der Waals surface area contributed by atoms with Gasteiger partial charge in [0, 0.05) is 19.3 Å². The fourth-order valence-electron chi connectivity index (χ4n) is 1.44. The van der Waals surface area contributed by atoms with Crippen molar-refractivity contribution < 1.29 is 9.63 Å². The molecule has 6 heteroatoms. The van der Waals surface area contributed by atoms with Gasteiger partial charge < -0.3 is 4.84 Å². The molecule has 0 fully saturated rings. The smallest absolute Gasteiger partial charge is 0.327 e. The highest BCUT2D eigenvalue weighted by Crippen LogP contribution is 2.01. The van der Waals surface area contributed by atoms with Crippen LogP contribution >= 0.6 is 0 Å². The van der Waals surface area contributed by atoms with Crippen molar-refractivity contribution in [2.24, 2.45) is 5.84 Å². The molecule has 1 aromatic heterocycles. The maximum atomic E-state index is 11.1. The van der Waals surface area contributed by atoms with Crippen molar-refractivity contribution in [3.8, 4) is 0 Å². The predicted octanol–water partition coefficient (Wildman–Crippen LogP) is 0.215. The molecule has 0 saturated heterocycles. The van der Waals surface area contributed by atoms with Gasteiger partial charge in [-0.3, -0.25) is 14.7 Å². The molecule has 0 saturated carbocycles. The van der Waals surface area contributed by atoms with Crippen LogP contribution in [0.25, 0.3) is 0 Å². The minimum absolute atomic E-state index is 0.297. The molecule has 3 N–H and O–H groups in total. The average Bonchev–Trinajstić information content (AvgIpc) is 2.36. The Bertz CT molecular complexity index is 332. The number of rotatable bonds is 7. The van der Waals surface area contributed by atoms with Crippen LogP contribution in [0, 0.1) is 0 Å². The first-order valence-corrected chi connectivity index (χ1v) is 5.53. The molecule has 17 heavy (non-hydrogen) atoms. The Kier molecular flexibility index (Phi) is 6.16. The molecule has 1 aromatic rings. The van der Waals surface area contributed by atoms with Crippen LogP contribution in [0.2, 0.25) is 0 Å². The van der Waals surface area contributed by atoms with Crippen LogP contribution in [0.4, 0.5) is 0 Å². The largest absolute Gasteiger partial charge is 0.356 e. The molecule has 1 rings (SSSR count). The zero-order valence-electron chi connectivity index (χ0n) is 9.93. The second-order valence-electron chi connectivity index (χ2n) is 3.53. The Morgan fingerprint density at radius 2 is 2.41 bits per heavy atom. The first kappa shape index (κ1) is 13.6. The summed E-state index contributed by atoms with van der Waals surface area (Å²) in [6, 6.07) is 5.79. The summed E-state index contributed by atoms with van der Waals surface area (Å²) in [6.07, 6.45) is 2.06. The number of nitrogens with two attached hydrogens (primary N) is 1. The van der Waals surface area contributed by atoms with E-state index in [1.807, 2.05) is 30.7 Å². The molecule has 0 aromatic carbocycles. The fourth-order valence-corrected chi connectivity index (χ4v) is 1.44. The second-order valence-corrected chi connectivity index (χ2v) is 3.53. The number of nitrogens with one attached hydrogen (secondary N) is 1. The van der Waals surface area contributed by atoms with Gasteiger partial charge in [-0.25, -0.2) is 5.84 Å². The molecule has 0 unspecified atom stereocenters. The molecule has 94 valence electrons. The number of carbonyl (C=O) groups excluding carboxylic acids is 1. The van der Waals surface area contributed by atoms with Crippen LogP contribution in [0.3, 0.4) is 0 Å². The first-order valence-electron chi connectivity index (χ1n) is 5.53. The van der Waals surface area contributed by atoms with Gasteiger partial charge in [0.05, 0.1) is 12.1 Å². The molecule has 0 aliphatic carbocycles. The van der Waals surface area contributed by atoms with Crippen LogP contribution in [-0.4, -0.2) is 28.9 Å². The summed E-state index contributed by atoms with van der Waals surface area (Å²) in [4.78, 5) is 21.9. The summed E-state index contributed by atoms with van der Waals surface area (Å²) in [7, 11) is 0. The number of aromatic nitrogens is 1. The van der Waals surface area contributed by atoms with E-state index in [4.69, 9.17) is 5.84 Å². The maximum Gasteiger partial charge on any atom is 0.327 e. The van der Waals surface area contributed by atoms with Crippen molar-refractivity contribution in [2.75, 3.05) is 13.1 Å². The lowest BCUT2D eigenvalue weighted by Gasteiger charge is -2.19. The molecule has 0 atom stereocenters. The molecular weight excluding hydrogens is 220 g/mol. The Balaban J connectivity index is 2.36. The molecule has 0 radical (unpaired) electrons. The molecule has 0 bridgehead atoms. The Hall–Kier alpha value is -1.50. The van der Waals surface area contributed by atoms with Crippen LogP contribution in [-0.2, 0) is 16.2 Å². The lowest BCUT2D eigenvalue weighted by atomic mass is 10.3. The summed E-state index contributed by atoms with van der Waals surface area (Å²) >= 11 is 0. The summed E-state index contributed by atoms with van der Waals surface area (Å²) in [5.74, 6) is 4.51. The highest BCUT2D eigenvalue weighted by atomic mass is 16.7. The summed E-state index contributed by atoms with van der Waals surface area (Å²) < 4.78 is 0. The van der Waals surface area contributed by atoms with E-state index in [1.165, 1.54) is 0 Å².